The highest BCUT2D eigenvalue weighted by molar-refractivity contribution is 6.06. The zero-order valence-electron chi connectivity index (χ0n) is 14.9. The summed E-state index contributed by atoms with van der Waals surface area (Å²) in [5, 5.41) is 4.93. The fourth-order valence-electron chi connectivity index (χ4n) is 2.77. The van der Waals surface area contributed by atoms with Crippen LogP contribution < -0.4 is 20.1 Å². The zero-order valence-corrected chi connectivity index (χ0v) is 14.9. The van der Waals surface area contributed by atoms with Gasteiger partial charge in [0.25, 0.3) is 11.8 Å². The Bertz CT molecular complexity index is 1120. The van der Waals surface area contributed by atoms with Gasteiger partial charge in [-0.15, -0.1) is 0 Å². The molecule has 1 aliphatic heterocycles. The van der Waals surface area contributed by atoms with Gasteiger partial charge in [0.15, 0.2) is 11.5 Å². The Morgan fingerprint density at radius 2 is 1.59 bits per heavy atom. The summed E-state index contributed by atoms with van der Waals surface area (Å²) in [6.07, 6.45) is 0. The van der Waals surface area contributed by atoms with Crippen LogP contribution in [-0.4, -0.2) is 18.6 Å². The van der Waals surface area contributed by atoms with E-state index in [2.05, 4.69) is 10.6 Å². The normalized spacial score (nSPS) is 11.8. The molecule has 0 atom stereocenters. The average molecular weight is 396 g/mol. The fraction of sp³-hybridized carbons (Fsp3) is 0.0476. The van der Waals surface area contributed by atoms with Crippen LogP contribution in [0.4, 0.5) is 20.2 Å². The van der Waals surface area contributed by atoms with Gasteiger partial charge in [-0.2, -0.15) is 0 Å². The number of halogens is 2. The fourth-order valence-corrected chi connectivity index (χ4v) is 2.77. The first kappa shape index (κ1) is 18.4. The van der Waals surface area contributed by atoms with Gasteiger partial charge >= 0.3 is 0 Å². The molecule has 8 heteroatoms. The molecule has 3 aromatic carbocycles. The van der Waals surface area contributed by atoms with E-state index in [1.165, 1.54) is 36.4 Å². The quantitative estimate of drug-likeness (QED) is 0.693. The van der Waals surface area contributed by atoms with E-state index < -0.39 is 23.4 Å². The molecule has 146 valence electrons. The second-order valence-electron chi connectivity index (χ2n) is 6.15. The highest BCUT2D eigenvalue weighted by Gasteiger charge is 2.17. The topological polar surface area (TPSA) is 76.7 Å². The Morgan fingerprint density at radius 1 is 0.793 bits per heavy atom. The molecule has 29 heavy (non-hydrogen) atoms. The lowest BCUT2D eigenvalue weighted by atomic mass is 10.1. The first-order valence-corrected chi connectivity index (χ1v) is 8.58. The number of ether oxygens (including phenoxy) is 2. The molecule has 0 aromatic heterocycles. The number of rotatable bonds is 4. The van der Waals surface area contributed by atoms with E-state index >= 15 is 0 Å². The minimum Gasteiger partial charge on any atom is -0.454 e. The smallest absolute Gasteiger partial charge is 0.258 e. The van der Waals surface area contributed by atoms with Crippen molar-refractivity contribution in [2.24, 2.45) is 0 Å². The number of fused-ring (bicyclic) bond motifs is 1. The van der Waals surface area contributed by atoms with Crippen LogP contribution in [-0.2, 0) is 0 Å². The maximum absolute atomic E-state index is 14.1. The van der Waals surface area contributed by atoms with Gasteiger partial charge in [-0.1, -0.05) is 12.1 Å². The molecule has 2 N–H and O–H groups in total. The Morgan fingerprint density at radius 3 is 2.41 bits per heavy atom. The van der Waals surface area contributed by atoms with Crippen LogP contribution in [0, 0.1) is 11.6 Å². The van der Waals surface area contributed by atoms with E-state index in [0.717, 1.165) is 12.1 Å². The molecule has 1 aliphatic rings. The van der Waals surface area contributed by atoms with Crippen molar-refractivity contribution in [3.63, 3.8) is 0 Å². The summed E-state index contributed by atoms with van der Waals surface area (Å²) in [5.41, 5.74) is 0.150. The SMILES string of the molecule is O=C(Nc1ccc(F)c(NC(=O)c2ccccc2F)c1)c1ccc2c(c1)OCO2. The van der Waals surface area contributed by atoms with E-state index in [9.17, 15) is 18.4 Å². The Kier molecular flexibility index (Phi) is 4.82. The molecule has 0 radical (unpaired) electrons. The molecule has 6 nitrogen and oxygen atoms in total. The van der Waals surface area contributed by atoms with Crippen molar-refractivity contribution in [3.8, 4) is 11.5 Å². The first-order valence-electron chi connectivity index (χ1n) is 8.58. The van der Waals surface area contributed by atoms with Crippen LogP contribution in [0.25, 0.3) is 0 Å². The van der Waals surface area contributed by atoms with Crippen molar-refractivity contribution in [2.45, 2.75) is 0 Å². The van der Waals surface area contributed by atoms with Gasteiger partial charge in [-0.05, 0) is 48.5 Å². The van der Waals surface area contributed by atoms with Crippen LogP contribution in [0.5, 0.6) is 11.5 Å². The summed E-state index contributed by atoms with van der Waals surface area (Å²) in [6, 6.07) is 13.7. The molecular formula is C21H14F2N2O4. The summed E-state index contributed by atoms with van der Waals surface area (Å²) in [7, 11) is 0. The summed E-state index contributed by atoms with van der Waals surface area (Å²) in [5.74, 6) is -1.72. The van der Waals surface area contributed by atoms with Crippen LogP contribution in [0.1, 0.15) is 20.7 Å². The minimum absolute atomic E-state index is 0.0867. The molecule has 0 spiro atoms. The zero-order chi connectivity index (χ0) is 20.4. The van der Waals surface area contributed by atoms with Crippen molar-refractivity contribution < 1.29 is 27.8 Å². The minimum atomic E-state index is -0.804. The Labute approximate surface area is 164 Å². The number of anilines is 2. The van der Waals surface area contributed by atoms with Gasteiger partial charge < -0.3 is 20.1 Å². The number of benzene rings is 3. The van der Waals surface area contributed by atoms with E-state index in [1.807, 2.05) is 0 Å². The Balaban J connectivity index is 1.51. The molecule has 0 unspecified atom stereocenters. The number of hydrogen-bond donors (Lipinski definition) is 2. The number of carbonyl (C=O) groups excluding carboxylic acids is 2. The second kappa shape index (κ2) is 7.59. The van der Waals surface area contributed by atoms with E-state index in [1.54, 1.807) is 12.1 Å². The summed E-state index contributed by atoms with van der Waals surface area (Å²) in [4.78, 5) is 24.7. The third-order valence-electron chi connectivity index (χ3n) is 4.23. The molecule has 0 aliphatic carbocycles. The third-order valence-corrected chi connectivity index (χ3v) is 4.23. The first-order chi connectivity index (χ1) is 14.0. The average Bonchev–Trinajstić information content (AvgIpc) is 3.18. The third kappa shape index (κ3) is 3.86. The number of hydrogen-bond acceptors (Lipinski definition) is 4. The monoisotopic (exact) mass is 396 g/mol. The maximum Gasteiger partial charge on any atom is 0.258 e. The van der Waals surface area contributed by atoms with Crippen molar-refractivity contribution in [1.82, 2.24) is 0 Å². The predicted octanol–water partition coefficient (Wildman–Crippen LogP) is 4.20. The molecular weight excluding hydrogens is 382 g/mol. The van der Waals surface area contributed by atoms with Crippen molar-refractivity contribution in [2.75, 3.05) is 17.4 Å². The van der Waals surface area contributed by atoms with Crippen LogP contribution in [0.15, 0.2) is 60.7 Å². The molecule has 0 saturated carbocycles. The van der Waals surface area contributed by atoms with Crippen LogP contribution >= 0.6 is 0 Å². The number of amides is 2. The van der Waals surface area contributed by atoms with E-state index in [4.69, 9.17) is 9.47 Å². The standard InChI is InChI=1S/C21H14F2N2O4/c22-15-4-2-1-3-14(15)21(27)25-17-10-13(6-7-16(17)23)24-20(26)12-5-8-18-19(9-12)29-11-28-18/h1-10H,11H2,(H,24,26)(H,25,27). The molecule has 3 aromatic rings. The van der Waals surface area contributed by atoms with Crippen molar-refractivity contribution in [3.05, 3.63) is 83.4 Å². The molecule has 1 heterocycles. The van der Waals surface area contributed by atoms with E-state index in [-0.39, 0.29) is 23.7 Å². The van der Waals surface area contributed by atoms with Gasteiger partial charge in [0.1, 0.15) is 11.6 Å². The second-order valence-corrected chi connectivity index (χ2v) is 6.15. The van der Waals surface area contributed by atoms with Gasteiger partial charge in [-0.25, -0.2) is 8.78 Å². The van der Waals surface area contributed by atoms with Gasteiger partial charge in [0, 0.05) is 11.3 Å². The molecule has 2 amide bonds. The lowest BCUT2D eigenvalue weighted by Crippen LogP contribution is -2.16. The van der Waals surface area contributed by atoms with Crippen molar-refractivity contribution >= 4 is 23.2 Å². The molecule has 0 bridgehead atoms. The predicted molar refractivity (Wildman–Crippen MR) is 101 cm³/mol. The summed E-state index contributed by atoms with van der Waals surface area (Å²) < 4.78 is 38.3. The van der Waals surface area contributed by atoms with Crippen LogP contribution in [0.2, 0.25) is 0 Å². The molecule has 0 saturated heterocycles. The largest absolute Gasteiger partial charge is 0.454 e. The summed E-state index contributed by atoms with van der Waals surface area (Å²) in [6.45, 7) is 0.0867. The lowest BCUT2D eigenvalue weighted by molar-refractivity contribution is 0.101. The number of carbonyl (C=O) groups is 2. The maximum atomic E-state index is 14.1. The number of nitrogens with one attached hydrogen (secondary N) is 2. The van der Waals surface area contributed by atoms with Crippen LogP contribution in [0.3, 0.4) is 0 Å². The molecule has 0 fully saturated rings. The highest BCUT2D eigenvalue weighted by Crippen LogP contribution is 2.32. The van der Waals surface area contributed by atoms with E-state index in [0.29, 0.717) is 17.1 Å². The lowest BCUT2D eigenvalue weighted by Gasteiger charge is -2.11. The van der Waals surface area contributed by atoms with Gasteiger partial charge in [0.05, 0.1) is 11.3 Å². The van der Waals surface area contributed by atoms with Gasteiger partial charge in [-0.3, -0.25) is 9.59 Å². The highest BCUT2D eigenvalue weighted by atomic mass is 19.1. The van der Waals surface area contributed by atoms with Gasteiger partial charge in [0.2, 0.25) is 6.79 Å². The summed E-state index contributed by atoms with van der Waals surface area (Å²) >= 11 is 0. The Hall–Kier alpha value is -3.94. The molecule has 4 rings (SSSR count). The van der Waals surface area contributed by atoms with Crippen molar-refractivity contribution in [1.29, 1.82) is 0 Å².